The molecule has 5 heteroatoms. The van der Waals surface area contributed by atoms with E-state index < -0.39 is 11.9 Å². The predicted octanol–water partition coefficient (Wildman–Crippen LogP) is 2.33. The minimum absolute atomic E-state index is 0.0242. The summed E-state index contributed by atoms with van der Waals surface area (Å²) in [6.45, 7) is 4.00. The van der Waals surface area contributed by atoms with Crippen molar-refractivity contribution in [1.29, 1.82) is 0 Å². The van der Waals surface area contributed by atoms with Crippen LogP contribution in [0.4, 0.5) is 4.39 Å². The van der Waals surface area contributed by atoms with E-state index in [1.807, 2.05) is 0 Å². The molecule has 4 nitrogen and oxygen atoms in total. The zero-order chi connectivity index (χ0) is 15.6. The summed E-state index contributed by atoms with van der Waals surface area (Å²) in [6, 6.07) is 5.91. The molecule has 21 heavy (non-hydrogen) atoms. The molecular formula is C16H20FNO3. The van der Waals surface area contributed by atoms with E-state index in [0.29, 0.717) is 13.0 Å². The average Bonchev–Trinajstić information content (AvgIpc) is 2.37. The number of carboxylic acid groups (broad SMARTS) is 1. The van der Waals surface area contributed by atoms with Crippen molar-refractivity contribution in [2.24, 2.45) is 11.8 Å². The van der Waals surface area contributed by atoms with Crippen LogP contribution in [0.1, 0.15) is 25.8 Å². The number of aliphatic carboxylic acids is 1. The van der Waals surface area contributed by atoms with Gasteiger partial charge >= 0.3 is 5.97 Å². The Bertz CT molecular complexity index is 546. The maximum Gasteiger partial charge on any atom is 0.308 e. The third-order valence-corrected chi connectivity index (χ3v) is 4.26. The summed E-state index contributed by atoms with van der Waals surface area (Å²) < 4.78 is 13.1. The summed E-state index contributed by atoms with van der Waals surface area (Å²) in [7, 11) is 0. The number of piperidine rings is 1. The molecule has 0 aromatic heterocycles. The normalized spacial score (nSPS) is 26.0. The summed E-state index contributed by atoms with van der Waals surface area (Å²) in [5, 5.41) is 9.32. The van der Waals surface area contributed by atoms with E-state index in [0.717, 1.165) is 5.56 Å². The van der Waals surface area contributed by atoms with Crippen molar-refractivity contribution in [3.63, 3.8) is 0 Å². The van der Waals surface area contributed by atoms with E-state index in [9.17, 15) is 19.1 Å². The molecule has 0 aliphatic carbocycles. The van der Waals surface area contributed by atoms with Gasteiger partial charge in [0.05, 0.1) is 5.92 Å². The minimum Gasteiger partial charge on any atom is -0.481 e. The lowest BCUT2D eigenvalue weighted by atomic mass is 9.81. The van der Waals surface area contributed by atoms with Gasteiger partial charge in [0.1, 0.15) is 5.82 Å². The lowest BCUT2D eigenvalue weighted by Gasteiger charge is -2.40. The second-order valence-electron chi connectivity index (χ2n) is 5.75. The molecule has 1 fully saturated rings. The molecule has 0 bridgehead atoms. The molecule has 0 spiro atoms. The first-order valence-corrected chi connectivity index (χ1v) is 7.17. The Morgan fingerprint density at radius 2 is 2.14 bits per heavy atom. The summed E-state index contributed by atoms with van der Waals surface area (Å²) >= 11 is 0. The topological polar surface area (TPSA) is 57.6 Å². The van der Waals surface area contributed by atoms with Gasteiger partial charge in [0.2, 0.25) is 5.91 Å². The Balaban J connectivity index is 2.07. The van der Waals surface area contributed by atoms with Gasteiger partial charge in [-0.1, -0.05) is 19.1 Å². The second kappa shape index (κ2) is 6.24. The van der Waals surface area contributed by atoms with E-state index in [-0.39, 0.29) is 30.1 Å². The van der Waals surface area contributed by atoms with Crippen LogP contribution in [-0.2, 0) is 16.0 Å². The summed E-state index contributed by atoms with van der Waals surface area (Å²) in [4.78, 5) is 25.1. The van der Waals surface area contributed by atoms with Gasteiger partial charge in [-0.15, -0.1) is 0 Å². The maximum absolute atomic E-state index is 13.1. The number of hydrogen-bond acceptors (Lipinski definition) is 2. The molecule has 3 unspecified atom stereocenters. The fourth-order valence-electron chi connectivity index (χ4n) is 3.14. The SMILES string of the molecule is CC1CC(=O)N(CCc2cccc(F)c2)C(C)C1C(=O)O. The van der Waals surface area contributed by atoms with Crippen molar-refractivity contribution in [3.05, 3.63) is 35.6 Å². The second-order valence-corrected chi connectivity index (χ2v) is 5.75. The first-order chi connectivity index (χ1) is 9.90. The Morgan fingerprint density at radius 3 is 2.76 bits per heavy atom. The van der Waals surface area contributed by atoms with Crippen molar-refractivity contribution >= 4 is 11.9 Å². The number of nitrogens with zero attached hydrogens (tertiary/aromatic N) is 1. The third-order valence-electron chi connectivity index (χ3n) is 4.26. The first-order valence-electron chi connectivity index (χ1n) is 7.17. The van der Waals surface area contributed by atoms with Crippen molar-refractivity contribution in [1.82, 2.24) is 4.90 Å². The zero-order valence-corrected chi connectivity index (χ0v) is 12.3. The van der Waals surface area contributed by atoms with Gasteiger partial charge < -0.3 is 10.0 Å². The van der Waals surface area contributed by atoms with Gasteiger partial charge in [0, 0.05) is 19.0 Å². The van der Waals surface area contributed by atoms with Crippen LogP contribution in [0.15, 0.2) is 24.3 Å². The van der Waals surface area contributed by atoms with Crippen molar-refractivity contribution < 1.29 is 19.1 Å². The van der Waals surface area contributed by atoms with E-state index in [1.165, 1.54) is 12.1 Å². The molecule has 3 atom stereocenters. The Labute approximate surface area is 123 Å². The molecule has 1 amide bonds. The lowest BCUT2D eigenvalue weighted by Crippen LogP contribution is -2.53. The number of halogens is 1. The highest BCUT2D eigenvalue weighted by Crippen LogP contribution is 2.30. The highest BCUT2D eigenvalue weighted by molar-refractivity contribution is 5.81. The summed E-state index contributed by atoms with van der Waals surface area (Å²) in [5.41, 5.74) is 0.806. The zero-order valence-electron chi connectivity index (χ0n) is 12.3. The molecule has 2 rings (SSSR count). The fourth-order valence-corrected chi connectivity index (χ4v) is 3.14. The third kappa shape index (κ3) is 3.40. The van der Waals surface area contributed by atoms with E-state index >= 15 is 0 Å². The number of carboxylic acids is 1. The summed E-state index contributed by atoms with van der Waals surface area (Å²) in [5.74, 6) is -1.89. The van der Waals surface area contributed by atoms with Gasteiger partial charge in [-0.3, -0.25) is 9.59 Å². The highest BCUT2D eigenvalue weighted by atomic mass is 19.1. The lowest BCUT2D eigenvalue weighted by molar-refractivity contribution is -0.154. The van der Waals surface area contributed by atoms with Gasteiger partial charge in [0.15, 0.2) is 0 Å². The molecule has 0 radical (unpaired) electrons. The smallest absolute Gasteiger partial charge is 0.308 e. The monoisotopic (exact) mass is 293 g/mol. The van der Waals surface area contributed by atoms with E-state index in [2.05, 4.69) is 0 Å². The maximum atomic E-state index is 13.1. The van der Waals surface area contributed by atoms with Gasteiger partial charge in [-0.25, -0.2) is 4.39 Å². The van der Waals surface area contributed by atoms with Gasteiger partial charge in [-0.05, 0) is 37.0 Å². The molecule has 1 aromatic rings. The first kappa shape index (κ1) is 15.5. The largest absolute Gasteiger partial charge is 0.481 e. The molecule has 1 aliphatic rings. The summed E-state index contributed by atoms with van der Waals surface area (Å²) in [6.07, 6.45) is 0.777. The van der Waals surface area contributed by atoms with Crippen molar-refractivity contribution in [2.45, 2.75) is 32.7 Å². The molecule has 1 heterocycles. The number of rotatable bonds is 4. The molecule has 1 N–H and O–H groups in total. The van der Waals surface area contributed by atoms with Crippen LogP contribution in [0.3, 0.4) is 0 Å². The van der Waals surface area contributed by atoms with Crippen molar-refractivity contribution in [3.8, 4) is 0 Å². The number of amides is 1. The van der Waals surface area contributed by atoms with Crippen LogP contribution in [-0.4, -0.2) is 34.5 Å². The fraction of sp³-hybridized carbons (Fsp3) is 0.500. The number of likely N-dealkylation sites (tertiary alicyclic amines) is 1. The Kier molecular flexibility index (Phi) is 4.60. The molecule has 1 aromatic carbocycles. The van der Waals surface area contributed by atoms with E-state index in [1.54, 1.807) is 30.9 Å². The van der Waals surface area contributed by atoms with E-state index in [4.69, 9.17) is 0 Å². The number of hydrogen-bond donors (Lipinski definition) is 1. The van der Waals surface area contributed by atoms with Gasteiger partial charge in [-0.2, -0.15) is 0 Å². The minimum atomic E-state index is -0.863. The predicted molar refractivity (Wildman–Crippen MR) is 76.2 cm³/mol. The number of carbonyl (C=O) groups excluding carboxylic acids is 1. The highest BCUT2D eigenvalue weighted by Gasteiger charge is 2.41. The molecule has 114 valence electrons. The van der Waals surface area contributed by atoms with Crippen LogP contribution < -0.4 is 0 Å². The molecule has 1 aliphatic heterocycles. The molecule has 0 saturated carbocycles. The van der Waals surface area contributed by atoms with Crippen LogP contribution in [0.25, 0.3) is 0 Å². The standard InChI is InChI=1S/C16H20FNO3/c1-10-8-14(19)18(11(2)15(10)16(20)21)7-6-12-4-3-5-13(17)9-12/h3-5,9-11,15H,6-8H2,1-2H3,(H,20,21). The Morgan fingerprint density at radius 1 is 1.43 bits per heavy atom. The molecule has 1 saturated heterocycles. The van der Waals surface area contributed by atoms with Crippen molar-refractivity contribution in [2.75, 3.05) is 6.54 Å². The van der Waals surface area contributed by atoms with Crippen LogP contribution in [0.5, 0.6) is 0 Å². The number of carbonyl (C=O) groups is 2. The van der Waals surface area contributed by atoms with Crippen LogP contribution >= 0.6 is 0 Å². The Hall–Kier alpha value is -1.91. The average molecular weight is 293 g/mol. The molecular weight excluding hydrogens is 273 g/mol. The number of benzene rings is 1. The van der Waals surface area contributed by atoms with Crippen LogP contribution in [0, 0.1) is 17.7 Å². The quantitative estimate of drug-likeness (QED) is 0.927. The van der Waals surface area contributed by atoms with Crippen LogP contribution in [0.2, 0.25) is 0 Å². The van der Waals surface area contributed by atoms with Gasteiger partial charge in [0.25, 0.3) is 0 Å².